The van der Waals surface area contributed by atoms with Gasteiger partial charge in [0.25, 0.3) is 5.91 Å². The lowest BCUT2D eigenvalue weighted by Crippen LogP contribution is -2.48. The molecule has 1 heterocycles. The number of benzene rings is 1. The van der Waals surface area contributed by atoms with Gasteiger partial charge in [0, 0.05) is 30.9 Å². The van der Waals surface area contributed by atoms with Gasteiger partial charge in [-0.15, -0.1) is 0 Å². The summed E-state index contributed by atoms with van der Waals surface area (Å²) in [7, 11) is 1.87. The Bertz CT molecular complexity index is 638. The van der Waals surface area contributed by atoms with Crippen molar-refractivity contribution in [2.75, 3.05) is 20.1 Å². The van der Waals surface area contributed by atoms with Gasteiger partial charge in [0.1, 0.15) is 0 Å². The second-order valence-corrected chi connectivity index (χ2v) is 6.29. The summed E-state index contributed by atoms with van der Waals surface area (Å²) < 4.78 is 0. The maximum absolute atomic E-state index is 13.0. The zero-order valence-electron chi connectivity index (χ0n) is 13.9. The first-order valence-electron chi connectivity index (χ1n) is 7.70. The molecular weight excluding hydrogens is 330 g/mol. The van der Waals surface area contributed by atoms with Crippen LogP contribution in [0.2, 0.25) is 5.02 Å². The number of halogens is 1. The molecule has 0 spiro atoms. The largest absolute Gasteiger partial charge is 0.351 e. The highest BCUT2D eigenvalue weighted by Crippen LogP contribution is 2.31. The maximum Gasteiger partial charge on any atom is 0.253 e. The van der Waals surface area contributed by atoms with Crippen LogP contribution in [-0.2, 0) is 4.79 Å². The minimum Gasteiger partial charge on any atom is -0.351 e. The van der Waals surface area contributed by atoms with Crippen molar-refractivity contribution in [3.05, 3.63) is 46.1 Å². The summed E-state index contributed by atoms with van der Waals surface area (Å²) in [6.07, 6.45) is 0. The molecule has 1 amide bonds. The molecule has 1 atom stereocenters. The molecule has 1 aliphatic heterocycles. The molecular formula is C17H22ClN3OS. The predicted octanol–water partition coefficient (Wildman–Crippen LogP) is 3.34. The number of hydrogen-bond acceptors (Lipinski definition) is 2. The topological polar surface area (TPSA) is 35.6 Å². The van der Waals surface area contributed by atoms with Crippen molar-refractivity contribution >= 4 is 34.8 Å². The molecule has 1 aromatic rings. The number of amides is 1. The highest BCUT2D eigenvalue weighted by atomic mass is 35.5. The lowest BCUT2D eigenvalue weighted by molar-refractivity contribution is -0.127. The summed E-state index contributed by atoms with van der Waals surface area (Å²) in [5.74, 6) is 0.0364. The third kappa shape index (κ3) is 3.51. The van der Waals surface area contributed by atoms with Crippen LogP contribution in [0.15, 0.2) is 35.5 Å². The molecule has 0 saturated heterocycles. The van der Waals surface area contributed by atoms with E-state index in [-0.39, 0.29) is 11.9 Å². The number of carbonyl (C=O) groups is 1. The third-order valence-electron chi connectivity index (χ3n) is 4.24. The molecule has 1 aromatic carbocycles. The van der Waals surface area contributed by atoms with E-state index < -0.39 is 0 Å². The predicted molar refractivity (Wildman–Crippen MR) is 98.3 cm³/mol. The Morgan fingerprint density at radius 2 is 1.87 bits per heavy atom. The van der Waals surface area contributed by atoms with Crippen molar-refractivity contribution in [3.63, 3.8) is 0 Å². The van der Waals surface area contributed by atoms with E-state index in [0.717, 1.165) is 16.8 Å². The molecule has 1 aliphatic rings. The van der Waals surface area contributed by atoms with Crippen LogP contribution in [-0.4, -0.2) is 41.0 Å². The number of thiocarbonyl (C=S) groups is 1. The fraction of sp³-hybridized carbons (Fsp3) is 0.412. The summed E-state index contributed by atoms with van der Waals surface area (Å²) in [5.41, 5.74) is 2.58. The molecule has 0 fully saturated rings. The molecule has 1 N–H and O–H groups in total. The van der Waals surface area contributed by atoms with Crippen molar-refractivity contribution in [1.29, 1.82) is 0 Å². The van der Waals surface area contributed by atoms with E-state index in [1.165, 1.54) is 0 Å². The van der Waals surface area contributed by atoms with E-state index in [4.69, 9.17) is 23.8 Å². The number of hydrogen-bond donors (Lipinski definition) is 1. The van der Waals surface area contributed by atoms with Crippen LogP contribution in [0, 0.1) is 0 Å². The third-order valence-corrected chi connectivity index (χ3v) is 4.88. The molecule has 1 unspecified atom stereocenters. The number of rotatable bonds is 4. The molecule has 0 aliphatic carbocycles. The first-order valence-corrected chi connectivity index (χ1v) is 8.49. The summed E-state index contributed by atoms with van der Waals surface area (Å²) in [6.45, 7) is 7.26. The quantitative estimate of drug-likeness (QED) is 0.844. The van der Waals surface area contributed by atoms with Gasteiger partial charge in [0.05, 0.1) is 11.6 Å². The van der Waals surface area contributed by atoms with Crippen molar-refractivity contribution < 1.29 is 4.79 Å². The molecule has 0 radical (unpaired) electrons. The van der Waals surface area contributed by atoms with Crippen LogP contribution in [0.25, 0.3) is 0 Å². The zero-order chi connectivity index (χ0) is 17.1. The van der Waals surface area contributed by atoms with E-state index in [1.54, 1.807) is 0 Å². The summed E-state index contributed by atoms with van der Waals surface area (Å²) in [6, 6.07) is 7.25. The van der Waals surface area contributed by atoms with Crippen LogP contribution in [0.3, 0.4) is 0 Å². The fourth-order valence-electron chi connectivity index (χ4n) is 2.70. The summed E-state index contributed by atoms with van der Waals surface area (Å²) in [5, 5.41) is 4.55. The van der Waals surface area contributed by atoms with Crippen LogP contribution in [0.1, 0.15) is 32.4 Å². The smallest absolute Gasteiger partial charge is 0.253 e. The Morgan fingerprint density at radius 1 is 1.30 bits per heavy atom. The summed E-state index contributed by atoms with van der Waals surface area (Å²) >= 11 is 11.4. The minimum absolute atomic E-state index is 0.0364. The molecule has 23 heavy (non-hydrogen) atoms. The Labute approximate surface area is 148 Å². The number of carbonyl (C=O) groups excluding carboxylic acids is 1. The number of likely N-dealkylation sites (N-methyl/N-ethyl adjacent to an activating group) is 1. The average molecular weight is 352 g/mol. The first-order chi connectivity index (χ1) is 10.9. The molecule has 0 saturated carbocycles. The van der Waals surface area contributed by atoms with E-state index >= 15 is 0 Å². The van der Waals surface area contributed by atoms with Crippen molar-refractivity contribution in [2.24, 2.45) is 0 Å². The Hall–Kier alpha value is -1.59. The SMILES string of the molecule is CCN(CC)C(=O)C1=C(C)N(C)C(=S)NC1c1ccc(Cl)cc1. The first kappa shape index (κ1) is 17.8. The second kappa shape index (κ2) is 7.32. The highest BCUT2D eigenvalue weighted by Gasteiger charge is 2.33. The van der Waals surface area contributed by atoms with E-state index in [2.05, 4.69) is 5.32 Å². The van der Waals surface area contributed by atoms with Crippen LogP contribution < -0.4 is 5.32 Å². The van der Waals surface area contributed by atoms with E-state index in [1.807, 2.05) is 61.9 Å². The Balaban J connectivity index is 2.52. The Morgan fingerprint density at radius 3 is 2.39 bits per heavy atom. The van der Waals surface area contributed by atoms with Gasteiger partial charge >= 0.3 is 0 Å². The molecule has 2 rings (SSSR count). The van der Waals surface area contributed by atoms with Crippen LogP contribution in [0.4, 0.5) is 0 Å². The number of allylic oxidation sites excluding steroid dienone is 1. The van der Waals surface area contributed by atoms with E-state index in [9.17, 15) is 4.79 Å². The monoisotopic (exact) mass is 351 g/mol. The van der Waals surface area contributed by atoms with Crippen molar-refractivity contribution in [1.82, 2.24) is 15.1 Å². The van der Waals surface area contributed by atoms with Gasteiger partial charge in [-0.25, -0.2) is 0 Å². The van der Waals surface area contributed by atoms with Gasteiger partial charge in [-0.05, 0) is 50.7 Å². The normalized spacial score (nSPS) is 18.0. The maximum atomic E-state index is 13.0. The van der Waals surface area contributed by atoms with Gasteiger partial charge < -0.3 is 15.1 Å². The lowest BCUT2D eigenvalue weighted by atomic mass is 9.94. The summed E-state index contributed by atoms with van der Waals surface area (Å²) in [4.78, 5) is 16.7. The van der Waals surface area contributed by atoms with Crippen LogP contribution in [0.5, 0.6) is 0 Å². The van der Waals surface area contributed by atoms with Gasteiger partial charge in [-0.2, -0.15) is 0 Å². The average Bonchev–Trinajstić information content (AvgIpc) is 2.54. The Kier molecular flexibility index (Phi) is 5.65. The molecule has 4 nitrogen and oxygen atoms in total. The van der Waals surface area contributed by atoms with Gasteiger partial charge in [-0.1, -0.05) is 23.7 Å². The molecule has 0 bridgehead atoms. The number of nitrogens with one attached hydrogen (secondary N) is 1. The van der Waals surface area contributed by atoms with Gasteiger partial charge in [0.2, 0.25) is 0 Å². The van der Waals surface area contributed by atoms with Crippen molar-refractivity contribution in [3.8, 4) is 0 Å². The zero-order valence-corrected chi connectivity index (χ0v) is 15.5. The highest BCUT2D eigenvalue weighted by molar-refractivity contribution is 7.80. The van der Waals surface area contributed by atoms with Crippen LogP contribution >= 0.6 is 23.8 Å². The lowest BCUT2D eigenvalue weighted by Gasteiger charge is -2.37. The van der Waals surface area contributed by atoms with E-state index in [0.29, 0.717) is 23.2 Å². The van der Waals surface area contributed by atoms with Gasteiger partial charge in [-0.3, -0.25) is 4.79 Å². The second-order valence-electron chi connectivity index (χ2n) is 5.47. The van der Waals surface area contributed by atoms with Crippen molar-refractivity contribution in [2.45, 2.75) is 26.8 Å². The fourth-order valence-corrected chi connectivity index (χ4v) is 3.08. The molecule has 124 valence electrons. The number of nitrogens with zero attached hydrogens (tertiary/aromatic N) is 2. The molecule has 6 heteroatoms. The molecule has 0 aromatic heterocycles. The minimum atomic E-state index is -0.260. The van der Waals surface area contributed by atoms with Gasteiger partial charge in [0.15, 0.2) is 5.11 Å². The standard InChI is InChI=1S/C17H22ClN3OS/c1-5-21(6-2)16(22)14-11(3)20(4)17(23)19-15(14)12-7-9-13(18)10-8-12/h7-10,15H,5-6H2,1-4H3,(H,19,23).